The Morgan fingerprint density at radius 1 is 1.18 bits per heavy atom. The Hall–Kier alpha value is -2.77. The Kier molecular flexibility index (Phi) is 5.11. The predicted molar refractivity (Wildman–Crippen MR) is 109 cm³/mol. The lowest BCUT2D eigenvalue weighted by Gasteiger charge is -2.10. The summed E-state index contributed by atoms with van der Waals surface area (Å²) in [5.41, 5.74) is 2.05. The summed E-state index contributed by atoms with van der Waals surface area (Å²) in [6.45, 7) is 0. The number of halogens is 1. The Balaban J connectivity index is 1.62. The van der Waals surface area contributed by atoms with Gasteiger partial charge >= 0.3 is 0 Å². The van der Waals surface area contributed by atoms with Gasteiger partial charge in [0.2, 0.25) is 0 Å². The number of ether oxygens (including phenoxy) is 1. The van der Waals surface area contributed by atoms with Gasteiger partial charge in [-0.05, 0) is 55.2 Å². The molecule has 0 bridgehead atoms. The molecule has 0 saturated heterocycles. The fourth-order valence-corrected chi connectivity index (χ4v) is 4.78. The lowest BCUT2D eigenvalue weighted by atomic mass is 10.1. The molecule has 6 nitrogen and oxygen atoms in total. The molecule has 0 radical (unpaired) electrons. The predicted octanol–water partition coefficient (Wildman–Crippen LogP) is 5.00. The number of aryl methyl sites for hydroxylation is 1. The van der Waals surface area contributed by atoms with Gasteiger partial charge < -0.3 is 19.8 Å². The number of hydrogen-bond acceptors (Lipinski definition) is 5. The van der Waals surface area contributed by atoms with Crippen LogP contribution in [0.3, 0.4) is 0 Å². The molecule has 28 heavy (non-hydrogen) atoms. The molecule has 0 fully saturated rings. The maximum absolute atomic E-state index is 13.0. The first kappa shape index (κ1) is 18.6. The highest BCUT2D eigenvalue weighted by Gasteiger charge is 2.28. The van der Waals surface area contributed by atoms with Crippen molar-refractivity contribution in [1.29, 1.82) is 0 Å². The molecule has 0 aliphatic heterocycles. The van der Waals surface area contributed by atoms with Crippen molar-refractivity contribution < 1.29 is 18.7 Å². The Bertz CT molecular complexity index is 1040. The molecule has 1 aliphatic carbocycles. The van der Waals surface area contributed by atoms with Crippen LogP contribution in [0.1, 0.15) is 37.8 Å². The summed E-state index contributed by atoms with van der Waals surface area (Å²) in [7, 11) is 1.53. The minimum Gasteiger partial charge on any atom is -0.495 e. The molecule has 0 spiro atoms. The van der Waals surface area contributed by atoms with Crippen LogP contribution < -0.4 is 15.4 Å². The van der Waals surface area contributed by atoms with Crippen LogP contribution in [-0.4, -0.2) is 18.9 Å². The van der Waals surface area contributed by atoms with Crippen LogP contribution in [0.2, 0.25) is 5.02 Å². The number of thiophene rings is 1. The summed E-state index contributed by atoms with van der Waals surface area (Å²) in [6.07, 6.45) is 4.16. The molecule has 144 valence electrons. The first-order chi connectivity index (χ1) is 13.6. The smallest absolute Gasteiger partial charge is 0.291 e. The van der Waals surface area contributed by atoms with Crippen molar-refractivity contribution in [3.05, 3.63) is 63.4 Å². The standard InChI is InChI=1S/C20H17ClN2O4S/c1-26-14-8-7-11(10-13(14)21)22-19(25)17-12-4-2-6-16(12)28-20(17)23-18(24)15-5-3-9-27-15/h3,5,7-10H,2,4,6H2,1H3,(H,22,25)(H,23,24). The van der Waals surface area contributed by atoms with Gasteiger partial charge in [-0.25, -0.2) is 0 Å². The van der Waals surface area contributed by atoms with Crippen molar-refractivity contribution in [2.45, 2.75) is 19.3 Å². The van der Waals surface area contributed by atoms with E-state index in [9.17, 15) is 9.59 Å². The number of carbonyl (C=O) groups excluding carboxylic acids is 2. The number of carbonyl (C=O) groups is 2. The van der Waals surface area contributed by atoms with E-state index < -0.39 is 0 Å². The molecule has 2 aromatic heterocycles. The van der Waals surface area contributed by atoms with Crippen LogP contribution in [0.4, 0.5) is 10.7 Å². The Morgan fingerprint density at radius 2 is 2.04 bits per heavy atom. The first-order valence-electron chi connectivity index (χ1n) is 8.71. The monoisotopic (exact) mass is 416 g/mol. The third-order valence-electron chi connectivity index (χ3n) is 4.53. The van der Waals surface area contributed by atoms with E-state index in [2.05, 4.69) is 10.6 Å². The van der Waals surface area contributed by atoms with E-state index in [1.165, 1.54) is 24.7 Å². The van der Waals surface area contributed by atoms with Crippen molar-refractivity contribution in [3.63, 3.8) is 0 Å². The number of furan rings is 1. The van der Waals surface area contributed by atoms with E-state index in [1.54, 1.807) is 30.3 Å². The second kappa shape index (κ2) is 7.69. The molecule has 0 atom stereocenters. The van der Waals surface area contributed by atoms with E-state index in [4.69, 9.17) is 20.8 Å². The molecule has 0 saturated carbocycles. The average Bonchev–Trinajstić information content (AvgIpc) is 3.39. The highest BCUT2D eigenvalue weighted by molar-refractivity contribution is 7.17. The van der Waals surface area contributed by atoms with Crippen molar-refractivity contribution in [2.24, 2.45) is 0 Å². The van der Waals surface area contributed by atoms with Crippen LogP contribution in [0.5, 0.6) is 5.75 Å². The first-order valence-corrected chi connectivity index (χ1v) is 9.90. The zero-order valence-corrected chi connectivity index (χ0v) is 16.6. The van der Waals surface area contributed by atoms with Gasteiger partial charge in [-0.15, -0.1) is 11.3 Å². The van der Waals surface area contributed by atoms with Gasteiger partial charge in [0, 0.05) is 10.6 Å². The molecule has 2 amide bonds. The highest BCUT2D eigenvalue weighted by Crippen LogP contribution is 2.40. The van der Waals surface area contributed by atoms with Crippen molar-refractivity contribution in [1.82, 2.24) is 0 Å². The largest absolute Gasteiger partial charge is 0.495 e. The molecule has 4 rings (SSSR count). The van der Waals surface area contributed by atoms with Crippen LogP contribution >= 0.6 is 22.9 Å². The third-order valence-corrected chi connectivity index (χ3v) is 6.03. The average molecular weight is 417 g/mol. The van der Waals surface area contributed by atoms with Gasteiger partial charge in [-0.2, -0.15) is 0 Å². The lowest BCUT2D eigenvalue weighted by Crippen LogP contribution is -2.17. The summed E-state index contributed by atoms with van der Waals surface area (Å²) in [5.74, 6) is 0.0613. The van der Waals surface area contributed by atoms with Crippen LogP contribution in [-0.2, 0) is 12.8 Å². The van der Waals surface area contributed by atoms with Gasteiger partial charge in [0.25, 0.3) is 11.8 Å². The van der Waals surface area contributed by atoms with Crippen molar-refractivity contribution >= 4 is 45.4 Å². The summed E-state index contributed by atoms with van der Waals surface area (Å²) in [5, 5.41) is 6.62. The van der Waals surface area contributed by atoms with Gasteiger partial charge in [0.1, 0.15) is 10.8 Å². The fourth-order valence-electron chi connectivity index (χ4n) is 3.24. The van der Waals surface area contributed by atoms with Gasteiger partial charge in [-0.3, -0.25) is 9.59 Å². The molecule has 2 N–H and O–H groups in total. The molecule has 0 unspecified atom stereocenters. The maximum atomic E-state index is 13.0. The van der Waals surface area contributed by atoms with E-state index in [0.29, 0.717) is 27.0 Å². The number of methoxy groups -OCH3 is 1. The summed E-state index contributed by atoms with van der Waals surface area (Å²) < 4.78 is 10.3. The summed E-state index contributed by atoms with van der Waals surface area (Å²) >= 11 is 7.59. The van der Waals surface area contributed by atoms with E-state index >= 15 is 0 Å². The van der Waals surface area contributed by atoms with Gasteiger partial charge in [0.05, 0.1) is 24.0 Å². The molecule has 3 aromatic rings. The number of nitrogens with one attached hydrogen (secondary N) is 2. The number of benzene rings is 1. The normalized spacial score (nSPS) is 12.5. The quantitative estimate of drug-likeness (QED) is 0.613. The second-order valence-electron chi connectivity index (χ2n) is 6.30. The fraction of sp³-hybridized carbons (Fsp3) is 0.200. The number of rotatable bonds is 5. The number of anilines is 2. The van der Waals surface area contributed by atoms with Crippen LogP contribution in [0.15, 0.2) is 41.0 Å². The van der Waals surface area contributed by atoms with E-state index in [1.807, 2.05) is 0 Å². The van der Waals surface area contributed by atoms with E-state index in [-0.39, 0.29) is 17.6 Å². The van der Waals surface area contributed by atoms with E-state index in [0.717, 1.165) is 29.7 Å². The second-order valence-corrected chi connectivity index (χ2v) is 7.81. The van der Waals surface area contributed by atoms with Crippen LogP contribution in [0, 0.1) is 0 Å². The summed E-state index contributed by atoms with van der Waals surface area (Å²) in [4.78, 5) is 26.6. The third kappa shape index (κ3) is 3.50. The zero-order valence-electron chi connectivity index (χ0n) is 15.0. The SMILES string of the molecule is COc1ccc(NC(=O)c2c(NC(=O)c3ccco3)sc3c2CCC3)cc1Cl. The van der Waals surface area contributed by atoms with Gasteiger partial charge in [-0.1, -0.05) is 11.6 Å². The molecular weight excluding hydrogens is 400 g/mol. The zero-order chi connectivity index (χ0) is 19.7. The molecular formula is C20H17ClN2O4S. The maximum Gasteiger partial charge on any atom is 0.291 e. The molecule has 2 heterocycles. The Morgan fingerprint density at radius 3 is 2.75 bits per heavy atom. The minimum atomic E-state index is -0.383. The highest BCUT2D eigenvalue weighted by atomic mass is 35.5. The topological polar surface area (TPSA) is 80.6 Å². The molecule has 1 aliphatic rings. The van der Waals surface area contributed by atoms with Crippen LogP contribution in [0.25, 0.3) is 0 Å². The Labute approximate surface area is 170 Å². The number of fused-ring (bicyclic) bond motifs is 1. The summed E-state index contributed by atoms with van der Waals surface area (Å²) in [6, 6.07) is 8.26. The molecule has 8 heteroatoms. The van der Waals surface area contributed by atoms with Crippen molar-refractivity contribution in [3.8, 4) is 5.75 Å². The lowest BCUT2D eigenvalue weighted by molar-refractivity contribution is 0.0997. The number of hydrogen-bond donors (Lipinski definition) is 2. The minimum absolute atomic E-state index is 0.196. The number of amides is 2. The van der Waals surface area contributed by atoms with Crippen molar-refractivity contribution in [2.75, 3.05) is 17.7 Å². The molecule has 1 aromatic carbocycles. The van der Waals surface area contributed by atoms with Gasteiger partial charge in [0.15, 0.2) is 5.76 Å².